The average Bonchev–Trinajstić information content (AvgIpc) is 2.85. The second-order valence-corrected chi connectivity index (χ2v) is 4.78. The second-order valence-electron chi connectivity index (χ2n) is 4.78. The fourth-order valence-corrected chi connectivity index (χ4v) is 2.24. The molecule has 0 fully saturated rings. The van der Waals surface area contributed by atoms with Gasteiger partial charge in [-0.1, -0.05) is 18.2 Å². The molecule has 1 amide bonds. The van der Waals surface area contributed by atoms with Gasteiger partial charge in [-0.15, -0.1) is 0 Å². The molecule has 0 radical (unpaired) electrons. The number of nitrogens with one attached hydrogen (secondary N) is 2. The minimum atomic E-state index is -0.0362. The highest BCUT2D eigenvalue weighted by Gasteiger charge is 2.09. The van der Waals surface area contributed by atoms with Crippen LogP contribution < -0.4 is 5.32 Å². The molecule has 2 heterocycles. The van der Waals surface area contributed by atoms with E-state index >= 15 is 0 Å². The summed E-state index contributed by atoms with van der Waals surface area (Å²) >= 11 is 0. The van der Waals surface area contributed by atoms with E-state index in [2.05, 4.69) is 15.3 Å². The molecule has 0 atom stereocenters. The zero-order valence-electron chi connectivity index (χ0n) is 11.2. The first-order valence-corrected chi connectivity index (χ1v) is 6.49. The van der Waals surface area contributed by atoms with Crippen molar-refractivity contribution in [2.75, 3.05) is 5.32 Å². The van der Waals surface area contributed by atoms with E-state index in [-0.39, 0.29) is 5.91 Å². The normalized spacial score (nSPS) is 10.7. The highest BCUT2D eigenvalue weighted by Crippen LogP contribution is 2.19. The van der Waals surface area contributed by atoms with Crippen LogP contribution in [0.4, 0.5) is 5.69 Å². The van der Waals surface area contributed by atoms with Gasteiger partial charge >= 0.3 is 0 Å². The number of H-pyrrole nitrogens is 1. The molecule has 2 aromatic heterocycles. The molecule has 3 rings (SSSR count). The molecule has 4 heteroatoms. The van der Waals surface area contributed by atoms with Crippen molar-refractivity contribution in [2.45, 2.75) is 13.3 Å². The number of benzene rings is 1. The van der Waals surface area contributed by atoms with Crippen LogP contribution in [0.1, 0.15) is 11.1 Å². The lowest BCUT2D eigenvalue weighted by atomic mass is 10.1. The predicted octanol–water partition coefficient (Wildman–Crippen LogP) is 3.05. The summed E-state index contributed by atoms with van der Waals surface area (Å²) in [7, 11) is 0. The molecule has 0 spiro atoms. The Bertz CT molecular complexity index is 761. The zero-order valence-corrected chi connectivity index (χ0v) is 11.2. The number of pyridine rings is 1. The van der Waals surface area contributed by atoms with Crippen molar-refractivity contribution in [3.63, 3.8) is 0 Å². The standard InChI is InChI=1S/C16H15N3O/c1-11-6-7-17-10-15(11)19-16(20)8-12-9-18-14-5-3-2-4-13(12)14/h2-7,9-10,18H,8H2,1H3,(H,19,20). The number of anilines is 1. The third-order valence-electron chi connectivity index (χ3n) is 3.34. The molecule has 3 aromatic rings. The van der Waals surface area contributed by atoms with Gasteiger partial charge in [0.2, 0.25) is 5.91 Å². The van der Waals surface area contributed by atoms with Crippen molar-refractivity contribution in [3.8, 4) is 0 Å². The maximum atomic E-state index is 12.1. The van der Waals surface area contributed by atoms with Crippen LogP contribution in [0.15, 0.2) is 48.9 Å². The number of fused-ring (bicyclic) bond motifs is 1. The second kappa shape index (κ2) is 5.17. The summed E-state index contributed by atoms with van der Waals surface area (Å²) in [5, 5.41) is 3.99. The number of hydrogen-bond acceptors (Lipinski definition) is 2. The van der Waals surface area contributed by atoms with Crippen molar-refractivity contribution in [1.29, 1.82) is 0 Å². The first-order chi connectivity index (χ1) is 9.74. The van der Waals surface area contributed by atoms with Crippen molar-refractivity contribution >= 4 is 22.5 Å². The summed E-state index contributed by atoms with van der Waals surface area (Å²) < 4.78 is 0. The van der Waals surface area contributed by atoms with Gasteiger partial charge in [0.1, 0.15) is 0 Å². The molecule has 2 N–H and O–H groups in total. The van der Waals surface area contributed by atoms with E-state index in [0.29, 0.717) is 6.42 Å². The molecular formula is C16H15N3O. The number of aryl methyl sites for hydroxylation is 1. The Hall–Kier alpha value is -2.62. The molecule has 0 saturated carbocycles. The van der Waals surface area contributed by atoms with Crippen LogP contribution >= 0.6 is 0 Å². The van der Waals surface area contributed by atoms with Gasteiger partial charge < -0.3 is 10.3 Å². The number of para-hydroxylation sites is 1. The van der Waals surface area contributed by atoms with Gasteiger partial charge in [-0.05, 0) is 30.2 Å². The number of amides is 1. The van der Waals surface area contributed by atoms with Crippen LogP contribution in [0.25, 0.3) is 10.9 Å². The summed E-state index contributed by atoms with van der Waals surface area (Å²) in [5.41, 5.74) is 3.82. The lowest BCUT2D eigenvalue weighted by Crippen LogP contribution is -2.15. The largest absolute Gasteiger partial charge is 0.361 e. The van der Waals surface area contributed by atoms with Gasteiger partial charge in [-0.3, -0.25) is 9.78 Å². The van der Waals surface area contributed by atoms with Gasteiger partial charge in [-0.25, -0.2) is 0 Å². The Kier molecular flexibility index (Phi) is 3.21. The third-order valence-corrected chi connectivity index (χ3v) is 3.34. The summed E-state index contributed by atoms with van der Waals surface area (Å²) in [6.07, 6.45) is 5.62. The minimum Gasteiger partial charge on any atom is -0.361 e. The lowest BCUT2D eigenvalue weighted by molar-refractivity contribution is -0.115. The molecule has 100 valence electrons. The number of rotatable bonds is 3. The van der Waals surface area contributed by atoms with Crippen molar-refractivity contribution in [3.05, 3.63) is 60.0 Å². The molecule has 0 aliphatic heterocycles. The van der Waals surface area contributed by atoms with Crippen LogP contribution in [0.3, 0.4) is 0 Å². The molecular weight excluding hydrogens is 250 g/mol. The molecule has 0 aliphatic carbocycles. The Labute approximate surface area is 116 Å². The maximum Gasteiger partial charge on any atom is 0.228 e. The first-order valence-electron chi connectivity index (χ1n) is 6.49. The van der Waals surface area contributed by atoms with E-state index in [1.807, 2.05) is 43.5 Å². The molecule has 0 saturated heterocycles. The van der Waals surface area contributed by atoms with Crippen LogP contribution in [0.2, 0.25) is 0 Å². The Morgan fingerprint density at radius 3 is 3.00 bits per heavy atom. The van der Waals surface area contributed by atoms with Crippen molar-refractivity contribution < 1.29 is 4.79 Å². The van der Waals surface area contributed by atoms with Crippen LogP contribution in [-0.2, 0) is 11.2 Å². The number of carbonyl (C=O) groups is 1. The average molecular weight is 265 g/mol. The van der Waals surface area contributed by atoms with Crippen LogP contribution in [0, 0.1) is 6.92 Å². The number of nitrogens with zero attached hydrogens (tertiary/aromatic N) is 1. The van der Waals surface area contributed by atoms with Gasteiger partial charge in [0.25, 0.3) is 0 Å². The van der Waals surface area contributed by atoms with E-state index in [0.717, 1.165) is 27.7 Å². The Morgan fingerprint density at radius 1 is 1.30 bits per heavy atom. The van der Waals surface area contributed by atoms with Crippen LogP contribution in [0.5, 0.6) is 0 Å². The van der Waals surface area contributed by atoms with Gasteiger partial charge in [0.15, 0.2) is 0 Å². The van der Waals surface area contributed by atoms with Gasteiger partial charge in [-0.2, -0.15) is 0 Å². The number of aromatic amines is 1. The molecule has 1 aromatic carbocycles. The monoisotopic (exact) mass is 265 g/mol. The molecule has 0 bridgehead atoms. The molecule has 0 unspecified atom stereocenters. The SMILES string of the molecule is Cc1ccncc1NC(=O)Cc1c[nH]c2ccccc12. The Morgan fingerprint density at radius 2 is 2.15 bits per heavy atom. The maximum absolute atomic E-state index is 12.1. The fourth-order valence-electron chi connectivity index (χ4n) is 2.24. The van der Waals surface area contributed by atoms with E-state index in [9.17, 15) is 4.79 Å². The first kappa shape index (κ1) is 12.4. The topological polar surface area (TPSA) is 57.8 Å². The summed E-state index contributed by atoms with van der Waals surface area (Å²) in [6.45, 7) is 1.95. The van der Waals surface area contributed by atoms with E-state index in [1.54, 1.807) is 12.4 Å². The Balaban J connectivity index is 1.78. The molecule has 4 nitrogen and oxygen atoms in total. The van der Waals surface area contributed by atoms with Crippen LogP contribution in [-0.4, -0.2) is 15.9 Å². The van der Waals surface area contributed by atoms with E-state index in [4.69, 9.17) is 0 Å². The van der Waals surface area contributed by atoms with E-state index in [1.165, 1.54) is 0 Å². The quantitative estimate of drug-likeness (QED) is 0.764. The highest BCUT2D eigenvalue weighted by atomic mass is 16.1. The summed E-state index contributed by atoms with van der Waals surface area (Å²) in [5.74, 6) is -0.0362. The molecule has 20 heavy (non-hydrogen) atoms. The highest BCUT2D eigenvalue weighted by molar-refractivity contribution is 5.96. The van der Waals surface area contributed by atoms with Gasteiger partial charge in [0.05, 0.1) is 18.3 Å². The van der Waals surface area contributed by atoms with Crippen molar-refractivity contribution in [2.24, 2.45) is 0 Å². The minimum absolute atomic E-state index is 0.0362. The lowest BCUT2D eigenvalue weighted by Gasteiger charge is -2.07. The van der Waals surface area contributed by atoms with Gasteiger partial charge in [0, 0.05) is 23.3 Å². The van der Waals surface area contributed by atoms with E-state index < -0.39 is 0 Å². The summed E-state index contributed by atoms with van der Waals surface area (Å²) in [6, 6.07) is 9.84. The number of aromatic nitrogens is 2. The zero-order chi connectivity index (χ0) is 13.9. The third kappa shape index (κ3) is 2.40. The fraction of sp³-hybridized carbons (Fsp3) is 0.125. The number of hydrogen-bond donors (Lipinski definition) is 2. The molecule has 0 aliphatic rings. The number of carbonyl (C=O) groups excluding carboxylic acids is 1. The predicted molar refractivity (Wildman–Crippen MR) is 79.6 cm³/mol. The summed E-state index contributed by atoms with van der Waals surface area (Å²) in [4.78, 5) is 19.3. The van der Waals surface area contributed by atoms with Crippen molar-refractivity contribution in [1.82, 2.24) is 9.97 Å². The smallest absolute Gasteiger partial charge is 0.228 e.